The van der Waals surface area contributed by atoms with Gasteiger partial charge in [-0.15, -0.1) is 0 Å². The van der Waals surface area contributed by atoms with Gasteiger partial charge in [-0.05, 0) is 58.4 Å². The number of likely N-dealkylation sites (tertiary alicyclic amines) is 1. The van der Waals surface area contributed by atoms with Crippen molar-refractivity contribution in [1.82, 2.24) is 10.2 Å². The van der Waals surface area contributed by atoms with Crippen molar-refractivity contribution in [2.75, 3.05) is 13.2 Å². The number of aliphatic hydroxyl groups is 1. The molecule has 2 rings (SSSR count). The third-order valence-electron chi connectivity index (χ3n) is 5.38. The summed E-state index contributed by atoms with van der Waals surface area (Å²) in [6.45, 7) is 8.22. The Hall–Kier alpha value is -0.120. The van der Waals surface area contributed by atoms with Crippen LogP contribution in [0.5, 0.6) is 0 Å². The van der Waals surface area contributed by atoms with Crippen LogP contribution in [0.1, 0.15) is 65.7 Å². The number of nitrogens with one attached hydrogen (secondary N) is 1. The molecule has 1 aliphatic carbocycles. The molecule has 0 amide bonds. The van der Waals surface area contributed by atoms with Crippen LogP contribution in [-0.2, 0) is 0 Å². The summed E-state index contributed by atoms with van der Waals surface area (Å²) in [5.41, 5.74) is 0.00127. The van der Waals surface area contributed by atoms with Crippen LogP contribution in [0.2, 0.25) is 0 Å². The zero-order valence-electron chi connectivity index (χ0n) is 13.0. The second-order valence-corrected chi connectivity index (χ2v) is 6.70. The molecule has 0 spiro atoms. The molecule has 2 fully saturated rings. The van der Waals surface area contributed by atoms with Crippen molar-refractivity contribution in [2.24, 2.45) is 0 Å². The number of hydrogen-bond donors (Lipinski definition) is 2. The van der Waals surface area contributed by atoms with Crippen molar-refractivity contribution < 1.29 is 5.11 Å². The molecular formula is C16H32N2O. The lowest BCUT2D eigenvalue weighted by atomic mass is 9.97. The maximum absolute atomic E-state index is 9.81. The highest BCUT2D eigenvalue weighted by atomic mass is 16.3. The maximum atomic E-state index is 9.81. The summed E-state index contributed by atoms with van der Waals surface area (Å²) in [6, 6.07) is 2.19. The predicted octanol–water partition coefficient (Wildman–Crippen LogP) is 2.53. The van der Waals surface area contributed by atoms with Gasteiger partial charge in [-0.2, -0.15) is 0 Å². The fraction of sp³-hybridized carbons (Fsp3) is 1.00. The highest BCUT2D eigenvalue weighted by molar-refractivity contribution is 5.02. The van der Waals surface area contributed by atoms with Gasteiger partial charge in [0.1, 0.15) is 0 Å². The summed E-state index contributed by atoms with van der Waals surface area (Å²) in [4.78, 5) is 2.77. The Kier molecular flexibility index (Phi) is 5.27. The van der Waals surface area contributed by atoms with Gasteiger partial charge in [-0.25, -0.2) is 0 Å². The molecule has 4 unspecified atom stereocenters. The van der Waals surface area contributed by atoms with Crippen LogP contribution in [0.25, 0.3) is 0 Å². The molecule has 19 heavy (non-hydrogen) atoms. The van der Waals surface area contributed by atoms with E-state index in [1.54, 1.807) is 0 Å². The minimum absolute atomic E-state index is 0.00127. The van der Waals surface area contributed by atoms with Crippen LogP contribution in [0, 0.1) is 0 Å². The van der Waals surface area contributed by atoms with E-state index in [0.717, 1.165) is 37.9 Å². The van der Waals surface area contributed by atoms with E-state index in [1.807, 2.05) is 0 Å². The second-order valence-electron chi connectivity index (χ2n) is 6.70. The summed E-state index contributed by atoms with van der Waals surface area (Å²) in [6.07, 6.45) is 8.64. The quantitative estimate of drug-likeness (QED) is 0.777. The van der Waals surface area contributed by atoms with Crippen molar-refractivity contribution in [3.05, 3.63) is 0 Å². The fourth-order valence-corrected chi connectivity index (χ4v) is 4.27. The Bertz CT molecular complexity index is 284. The normalized spacial score (nSPS) is 40.1. The monoisotopic (exact) mass is 268 g/mol. The van der Waals surface area contributed by atoms with Crippen LogP contribution >= 0.6 is 0 Å². The smallest absolute Gasteiger partial charge is 0.0613 e. The zero-order valence-corrected chi connectivity index (χ0v) is 13.0. The van der Waals surface area contributed by atoms with Gasteiger partial charge in [0, 0.05) is 23.7 Å². The average Bonchev–Trinajstić information content (AvgIpc) is 3.00. The standard InChI is InChI=1S/C16H32N2O/c1-4-10-17-16(12-19)9-8-15(11-16)18-13(3)6-7-14(18)5-2/h13-15,17,19H,4-12H2,1-3H3. The minimum atomic E-state index is 0.00127. The third kappa shape index (κ3) is 3.14. The molecule has 0 aromatic carbocycles. The molecule has 1 heterocycles. The van der Waals surface area contributed by atoms with E-state index in [0.29, 0.717) is 12.6 Å². The molecule has 0 aromatic heterocycles. The van der Waals surface area contributed by atoms with Gasteiger partial charge >= 0.3 is 0 Å². The van der Waals surface area contributed by atoms with Crippen molar-refractivity contribution in [2.45, 2.75) is 89.4 Å². The van der Waals surface area contributed by atoms with E-state index >= 15 is 0 Å². The van der Waals surface area contributed by atoms with Gasteiger partial charge < -0.3 is 10.4 Å². The van der Waals surface area contributed by atoms with Crippen molar-refractivity contribution in [3.63, 3.8) is 0 Å². The van der Waals surface area contributed by atoms with E-state index in [-0.39, 0.29) is 5.54 Å². The summed E-state index contributed by atoms with van der Waals surface area (Å²) in [7, 11) is 0. The molecule has 0 aromatic rings. The first-order valence-corrected chi connectivity index (χ1v) is 8.29. The highest BCUT2D eigenvalue weighted by Crippen LogP contribution is 2.39. The Morgan fingerprint density at radius 1 is 1.26 bits per heavy atom. The summed E-state index contributed by atoms with van der Waals surface area (Å²) < 4.78 is 0. The largest absolute Gasteiger partial charge is 0.394 e. The molecular weight excluding hydrogens is 236 g/mol. The Labute approximate surface area is 118 Å². The molecule has 2 N–H and O–H groups in total. The number of aliphatic hydroxyl groups excluding tert-OH is 1. The van der Waals surface area contributed by atoms with E-state index in [9.17, 15) is 5.11 Å². The van der Waals surface area contributed by atoms with Gasteiger partial charge in [0.25, 0.3) is 0 Å². The molecule has 3 nitrogen and oxygen atoms in total. The first-order chi connectivity index (χ1) is 9.15. The van der Waals surface area contributed by atoms with Gasteiger partial charge in [-0.3, -0.25) is 4.90 Å². The van der Waals surface area contributed by atoms with Gasteiger partial charge in [0.2, 0.25) is 0 Å². The molecule has 1 saturated carbocycles. The van der Waals surface area contributed by atoms with Crippen LogP contribution in [0.4, 0.5) is 0 Å². The van der Waals surface area contributed by atoms with Crippen molar-refractivity contribution in [1.29, 1.82) is 0 Å². The topological polar surface area (TPSA) is 35.5 Å². The molecule has 0 bridgehead atoms. The highest BCUT2D eigenvalue weighted by Gasteiger charge is 2.44. The molecule has 112 valence electrons. The number of hydrogen-bond acceptors (Lipinski definition) is 3. The predicted molar refractivity (Wildman–Crippen MR) is 80.4 cm³/mol. The second kappa shape index (κ2) is 6.55. The summed E-state index contributed by atoms with van der Waals surface area (Å²) in [5, 5.41) is 13.4. The molecule has 0 radical (unpaired) electrons. The number of rotatable bonds is 6. The Morgan fingerprint density at radius 2 is 2.05 bits per heavy atom. The summed E-state index contributed by atoms with van der Waals surface area (Å²) in [5.74, 6) is 0. The lowest BCUT2D eigenvalue weighted by molar-refractivity contribution is 0.112. The van der Waals surface area contributed by atoms with Gasteiger partial charge in [-0.1, -0.05) is 13.8 Å². The molecule has 1 saturated heterocycles. The van der Waals surface area contributed by atoms with E-state index in [2.05, 4.69) is 31.0 Å². The molecule has 2 aliphatic rings. The zero-order chi connectivity index (χ0) is 13.9. The Balaban J connectivity index is 1.99. The van der Waals surface area contributed by atoms with E-state index in [1.165, 1.54) is 25.7 Å². The summed E-state index contributed by atoms with van der Waals surface area (Å²) >= 11 is 0. The lowest BCUT2D eigenvalue weighted by Crippen LogP contribution is -2.49. The molecule has 1 aliphatic heterocycles. The van der Waals surface area contributed by atoms with E-state index in [4.69, 9.17) is 0 Å². The van der Waals surface area contributed by atoms with Crippen LogP contribution in [0.15, 0.2) is 0 Å². The lowest BCUT2D eigenvalue weighted by Gasteiger charge is -2.36. The SMILES string of the molecule is CCCNC1(CO)CCC(N2C(C)CCC2CC)C1. The number of nitrogens with zero attached hydrogens (tertiary/aromatic N) is 1. The first-order valence-electron chi connectivity index (χ1n) is 8.29. The Morgan fingerprint density at radius 3 is 2.68 bits per heavy atom. The molecule has 4 atom stereocenters. The maximum Gasteiger partial charge on any atom is 0.0613 e. The van der Waals surface area contributed by atoms with Crippen LogP contribution < -0.4 is 5.32 Å². The van der Waals surface area contributed by atoms with Gasteiger partial charge in [0.05, 0.1) is 6.61 Å². The molecule has 3 heteroatoms. The fourth-order valence-electron chi connectivity index (χ4n) is 4.27. The van der Waals surface area contributed by atoms with Gasteiger partial charge in [0.15, 0.2) is 0 Å². The van der Waals surface area contributed by atoms with E-state index < -0.39 is 0 Å². The van der Waals surface area contributed by atoms with Crippen LogP contribution in [0.3, 0.4) is 0 Å². The minimum Gasteiger partial charge on any atom is -0.394 e. The van der Waals surface area contributed by atoms with Crippen molar-refractivity contribution >= 4 is 0 Å². The average molecular weight is 268 g/mol. The van der Waals surface area contributed by atoms with Crippen LogP contribution in [-0.4, -0.2) is 46.8 Å². The van der Waals surface area contributed by atoms with Crippen molar-refractivity contribution in [3.8, 4) is 0 Å². The first kappa shape index (κ1) is 15.3. The third-order valence-corrected chi connectivity index (χ3v) is 5.38.